The molecule has 0 fully saturated rings. The zero-order valence-electron chi connectivity index (χ0n) is 21.2. The summed E-state index contributed by atoms with van der Waals surface area (Å²) >= 11 is 5.91. The molecule has 0 bridgehead atoms. The van der Waals surface area contributed by atoms with Crippen LogP contribution in [0.4, 0.5) is 0 Å². The van der Waals surface area contributed by atoms with Gasteiger partial charge in [0, 0.05) is 35.4 Å². The summed E-state index contributed by atoms with van der Waals surface area (Å²) in [7, 11) is -7.92. The molecule has 200 valence electrons. The monoisotopic (exact) mass is 580 g/mol. The molecular formula is C28H25ClN4O4S2. The number of hydrogen-bond donors (Lipinski definition) is 0. The van der Waals surface area contributed by atoms with E-state index < -0.39 is 24.8 Å². The number of rotatable bonds is 9. The maximum absolute atomic E-state index is 13.3. The smallest absolute Gasteiger partial charge is 0.240 e. The summed E-state index contributed by atoms with van der Waals surface area (Å²) in [6, 6.07) is 22.8. The van der Waals surface area contributed by atoms with E-state index in [-0.39, 0.29) is 9.79 Å². The number of aromatic nitrogens is 2. The van der Waals surface area contributed by atoms with Crippen LogP contribution in [-0.4, -0.2) is 44.0 Å². The Hall–Kier alpha value is -3.75. The standard InChI is InChI=1S/C28H25ClN4O4S2/c1-3-32(4-2)39(36,37)26-12-8-9-21(17-26)28-22(20-33(31-28)24-10-6-5-7-11-24)18-27(19-30)38(34,35)25-15-13-23(29)14-16-25/h5-18,20H,3-4H2,1-2H3/b27-18-. The Bertz CT molecular complexity index is 1770. The third-order valence-corrected chi connectivity index (χ3v) is 10.0. The molecule has 39 heavy (non-hydrogen) atoms. The summed E-state index contributed by atoms with van der Waals surface area (Å²) in [5.74, 6) is 0. The second-order valence-electron chi connectivity index (χ2n) is 8.41. The first kappa shape index (κ1) is 28.3. The molecule has 1 heterocycles. The predicted octanol–water partition coefficient (Wildman–Crippen LogP) is 5.56. The van der Waals surface area contributed by atoms with Crippen molar-refractivity contribution in [1.82, 2.24) is 14.1 Å². The highest BCUT2D eigenvalue weighted by molar-refractivity contribution is 7.95. The lowest BCUT2D eigenvalue weighted by Gasteiger charge is -2.18. The molecule has 0 amide bonds. The molecule has 0 radical (unpaired) electrons. The molecule has 11 heteroatoms. The van der Waals surface area contributed by atoms with Crippen molar-refractivity contribution in [2.45, 2.75) is 23.6 Å². The lowest BCUT2D eigenvalue weighted by molar-refractivity contribution is 0.445. The molecule has 8 nitrogen and oxygen atoms in total. The van der Waals surface area contributed by atoms with Crippen LogP contribution in [0.2, 0.25) is 5.02 Å². The molecule has 0 atom stereocenters. The van der Waals surface area contributed by atoms with E-state index in [1.54, 1.807) is 42.9 Å². The number of sulfonamides is 1. The van der Waals surface area contributed by atoms with Gasteiger partial charge in [0.1, 0.15) is 16.7 Å². The van der Waals surface area contributed by atoms with Gasteiger partial charge < -0.3 is 0 Å². The fourth-order valence-electron chi connectivity index (χ4n) is 4.00. The zero-order chi connectivity index (χ0) is 28.2. The van der Waals surface area contributed by atoms with Gasteiger partial charge in [-0.1, -0.05) is 55.8 Å². The number of nitrogens with zero attached hydrogens (tertiary/aromatic N) is 4. The Morgan fingerprint density at radius 3 is 2.23 bits per heavy atom. The highest BCUT2D eigenvalue weighted by atomic mass is 35.5. The van der Waals surface area contributed by atoms with Crippen molar-refractivity contribution in [3.63, 3.8) is 0 Å². The van der Waals surface area contributed by atoms with Crippen LogP contribution in [0, 0.1) is 11.3 Å². The van der Waals surface area contributed by atoms with Crippen LogP contribution >= 0.6 is 11.6 Å². The van der Waals surface area contributed by atoms with Gasteiger partial charge >= 0.3 is 0 Å². The fourth-order valence-corrected chi connectivity index (χ4v) is 6.78. The average molecular weight is 581 g/mol. The molecule has 0 N–H and O–H groups in total. The first-order chi connectivity index (χ1) is 18.6. The van der Waals surface area contributed by atoms with E-state index >= 15 is 0 Å². The van der Waals surface area contributed by atoms with Gasteiger partial charge in [-0.25, -0.2) is 21.5 Å². The second kappa shape index (κ2) is 11.6. The molecule has 0 aliphatic rings. The van der Waals surface area contributed by atoms with Crippen molar-refractivity contribution in [3.8, 4) is 23.0 Å². The summed E-state index contributed by atoms with van der Waals surface area (Å²) in [5.41, 5.74) is 1.79. The van der Waals surface area contributed by atoms with Gasteiger partial charge in [0.05, 0.1) is 15.5 Å². The van der Waals surface area contributed by atoms with Crippen LogP contribution in [0.15, 0.2) is 99.8 Å². The Kier molecular flexibility index (Phi) is 8.37. The number of allylic oxidation sites excluding steroid dienone is 1. The van der Waals surface area contributed by atoms with Crippen molar-refractivity contribution in [1.29, 1.82) is 5.26 Å². The van der Waals surface area contributed by atoms with Gasteiger partial charge in [-0.05, 0) is 54.6 Å². The van der Waals surface area contributed by atoms with Crippen LogP contribution < -0.4 is 0 Å². The fraction of sp³-hybridized carbons (Fsp3) is 0.143. The number of para-hydroxylation sites is 1. The molecule has 4 rings (SSSR count). The topological polar surface area (TPSA) is 113 Å². The largest absolute Gasteiger partial charge is 0.243 e. The SMILES string of the molecule is CCN(CC)S(=O)(=O)c1cccc(-c2nn(-c3ccccc3)cc2/C=C(/C#N)S(=O)(=O)c2ccc(Cl)cc2)c1. The van der Waals surface area contributed by atoms with E-state index in [1.807, 2.05) is 30.3 Å². The quantitative estimate of drug-likeness (QED) is 0.239. The summed E-state index contributed by atoms with van der Waals surface area (Å²) < 4.78 is 55.8. The second-order valence-corrected chi connectivity index (χ2v) is 12.7. The Morgan fingerprint density at radius 1 is 0.949 bits per heavy atom. The van der Waals surface area contributed by atoms with Crippen molar-refractivity contribution < 1.29 is 16.8 Å². The summed E-state index contributed by atoms with van der Waals surface area (Å²) in [4.78, 5) is -0.489. The molecule has 0 spiro atoms. The van der Waals surface area contributed by atoms with Crippen LogP contribution in [0.25, 0.3) is 23.0 Å². The molecule has 0 saturated carbocycles. The minimum atomic E-state index is -4.17. The van der Waals surface area contributed by atoms with Gasteiger partial charge in [-0.2, -0.15) is 14.7 Å². The molecular weight excluding hydrogens is 556 g/mol. The van der Waals surface area contributed by atoms with E-state index in [4.69, 9.17) is 11.6 Å². The zero-order valence-corrected chi connectivity index (χ0v) is 23.6. The highest BCUT2D eigenvalue weighted by Gasteiger charge is 2.25. The maximum atomic E-state index is 13.3. The van der Waals surface area contributed by atoms with Gasteiger partial charge in [0.2, 0.25) is 19.9 Å². The van der Waals surface area contributed by atoms with Crippen molar-refractivity contribution in [3.05, 3.63) is 101 Å². The van der Waals surface area contributed by atoms with E-state index in [1.165, 1.54) is 46.8 Å². The normalized spacial score (nSPS) is 12.4. The van der Waals surface area contributed by atoms with Crippen LogP contribution in [0.5, 0.6) is 0 Å². The molecule has 1 aromatic heterocycles. The lowest BCUT2D eigenvalue weighted by Crippen LogP contribution is -2.30. The Balaban J connectivity index is 1.91. The predicted molar refractivity (Wildman–Crippen MR) is 151 cm³/mol. The molecule has 4 aromatic rings. The van der Waals surface area contributed by atoms with Crippen molar-refractivity contribution >= 4 is 37.5 Å². The molecule has 0 saturated heterocycles. The average Bonchev–Trinajstić information content (AvgIpc) is 3.37. The number of benzene rings is 3. The molecule has 0 aliphatic heterocycles. The summed E-state index contributed by atoms with van der Waals surface area (Å²) in [6.45, 7) is 4.15. The molecule has 0 unspecified atom stereocenters. The minimum absolute atomic E-state index is 0.0796. The summed E-state index contributed by atoms with van der Waals surface area (Å²) in [5, 5.41) is 14.9. The first-order valence-corrected chi connectivity index (χ1v) is 15.3. The van der Waals surface area contributed by atoms with Gasteiger partial charge in [-0.15, -0.1) is 0 Å². The summed E-state index contributed by atoms with van der Waals surface area (Å²) in [6.07, 6.45) is 2.85. The van der Waals surface area contributed by atoms with E-state index in [0.717, 1.165) is 0 Å². The number of hydrogen-bond acceptors (Lipinski definition) is 6. The van der Waals surface area contributed by atoms with Gasteiger partial charge in [0.25, 0.3) is 0 Å². The van der Waals surface area contributed by atoms with Crippen molar-refractivity contribution in [2.24, 2.45) is 0 Å². The Labute approximate surface area is 233 Å². The molecule has 3 aromatic carbocycles. The van der Waals surface area contributed by atoms with E-state index in [9.17, 15) is 22.1 Å². The van der Waals surface area contributed by atoms with Gasteiger partial charge in [0.15, 0.2) is 0 Å². The van der Waals surface area contributed by atoms with Crippen molar-refractivity contribution in [2.75, 3.05) is 13.1 Å². The third-order valence-electron chi connectivity index (χ3n) is 6.02. The number of nitriles is 1. The number of halogens is 1. The Morgan fingerprint density at radius 2 is 1.62 bits per heavy atom. The molecule has 0 aliphatic carbocycles. The minimum Gasteiger partial charge on any atom is -0.240 e. The first-order valence-electron chi connectivity index (χ1n) is 12.0. The van der Waals surface area contributed by atoms with Crippen LogP contribution in [0.1, 0.15) is 19.4 Å². The third kappa shape index (κ3) is 5.82. The van der Waals surface area contributed by atoms with Crippen LogP contribution in [-0.2, 0) is 19.9 Å². The van der Waals surface area contributed by atoms with Gasteiger partial charge in [-0.3, -0.25) is 0 Å². The lowest BCUT2D eigenvalue weighted by atomic mass is 10.1. The maximum Gasteiger partial charge on any atom is 0.243 e. The van der Waals surface area contributed by atoms with Crippen LogP contribution in [0.3, 0.4) is 0 Å². The highest BCUT2D eigenvalue weighted by Crippen LogP contribution is 2.30. The van der Waals surface area contributed by atoms with E-state index in [0.29, 0.717) is 40.6 Å². The number of sulfone groups is 1. The van der Waals surface area contributed by atoms with E-state index in [2.05, 4.69) is 5.10 Å².